The molecule has 0 bridgehead atoms. The minimum atomic E-state index is -0.0825. The first-order chi connectivity index (χ1) is 6.20. The molecule has 1 aromatic rings. The van der Waals surface area contributed by atoms with E-state index in [0.717, 1.165) is 11.5 Å². The lowest BCUT2D eigenvalue weighted by Crippen LogP contribution is -2.25. The summed E-state index contributed by atoms with van der Waals surface area (Å²) in [7, 11) is 0. The van der Waals surface area contributed by atoms with Crippen molar-refractivity contribution in [3.63, 3.8) is 0 Å². The highest BCUT2D eigenvalue weighted by Crippen LogP contribution is 2.18. The van der Waals surface area contributed by atoms with Gasteiger partial charge in [0.1, 0.15) is 0 Å². The zero-order valence-electron chi connectivity index (χ0n) is 7.59. The lowest BCUT2D eigenvalue weighted by atomic mass is 10.3. The molecule has 0 saturated heterocycles. The number of imidazole rings is 1. The highest BCUT2D eigenvalue weighted by atomic mass is 16.1. The van der Waals surface area contributed by atoms with E-state index in [1.54, 1.807) is 10.8 Å². The Morgan fingerprint density at radius 2 is 2.23 bits per heavy atom. The number of hydrogen-bond acceptors (Lipinski definition) is 3. The van der Waals surface area contributed by atoms with Crippen molar-refractivity contribution in [3.8, 4) is 0 Å². The average molecular weight is 180 g/mol. The molecule has 2 heterocycles. The van der Waals surface area contributed by atoms with E-state index in [0.29, 0.717) is 0 Å². The van der Waals surface area contributed by atoms with Gasteiger partial charge in [-0.1, -0.05) is 0 Å². The predicted octanol–water partition coefficient (Wildman–Crippen LogP) is 0.658. The lowest BCUT2D eigenvalue weighted by Gasteiger charge is -2.15. The molecule has 0 amide bonds. The summed E-state index contributed by atoms with van der Waals surface area (Å²) in [6.45, 7) is 3.94. The van der Waals surface area contributed by atoms with Crippen LogP contribution in [0.15, 0.2) is 11.0 Å². The minimum Gasteiger partial charge on any atom is -0.307 e. The second-order valence-electron chi connectivity index (χ2n) is 3.26. The van der Waals surface area contributed by atoms with E-state index in [1.165, 1.54) is 0 Å². The van der Waals surface area contributed by atoms with Crippen molar-refractivity contribution in [2.45, 2.75) is 19.9 Å². The van der Waals surface area contributed by atoms with Crippen LogP contribution in [-0.4, -0.2) is 9.55 Å². The Balaban J connectivity index is 2.62. The summed E-state index contributed by atoms with van der Waals surface area (Å²) in [6, 6.07) is 0.147. The third kappa shape index (κ3) is 1.12. The Morgan fingerprint density at radius 1 is 1.46 bits per heavy atom. The van der Waals surface area contributed by atoms with E-state index in [4.69, 9.17) is 0 Å². The fourth-order valence-corrected chi connectivity index (χ4v) is 1.44. The molecule has 0 saturated carbocycles. The Bertz CT molecular complexity index is 399. The lowest BCUT2D eigenvalue weighted by molar-refractivity contribution is 0.583. The summed E-state index contributed by atoms with van der Waals surface area (Å²) in [5.74, 6) is 0.794. The van der Waals surface area contributed by atoms with Crippen molar-refractivity contribution in [1.82, 2.24) is 15.0 Å². The number of hydrazine groups is 1. The standard InChI is InChI=1S/C8H12N4O/c1-5(2)12-7-6(10-8(12)13)3-4-9-11-7/h3-5,9,11H,1-2H3,(H,10,13). The molecule has 5 heteroatoms. The second-order valence-corrected chi connectivity index (χ2v) is 3.26. The van der Waals surface area contributed by atoms with Crippen LogP contribution in [0.25, 0.3) is 6.08 Å². The molecule has 0 atom stereocenters. The van der Waals surface area contributed by atoms with Crippen molar-refractivity contribution in [1.29, 1.82) is 0 Å². The van der Waals surface area contributed by atoms with Crippen molar-refractivity contribution < 1.29 is 0 Å². The van der Waals surface area contributed by atoms with Gasteiger partial charge in [-0.05, 0) is 19.9 Å². The maximum Gasteiger partial charge on any atom is 0.327 e. The van der Waals surface area contributed by atoms with Gasteiger partial charge in [0.2, 0.25) is 0 Å². The van der Waals surface area contributed by atoms with Gasteiger partial charge in [-0.25, -0.2) is 4.79 Å². The largest absolute Gasteiger partial charge is 0.327 e. The molecule has 0 spiro atoms. The zero-order valence-corrected chi connectivity index (χ0v) is 7.59. The van der Waals surface area contributed by atoms with Crippen LogP contribution in [0.5, 0.6) is 0 Å². The molecule has 3 N–H and O–H groups in total. The van der Waals surface area contributed by atoms with E-state index in [-0.39, 0.29) is 11.7 Å². The fraction of sp³-hybridized carbons (Fsp3) is 0.375. The number of aromatic nitrogens is 2. The van der Waals surface area contributed by atoms with Crippen LogP contribution in [0.4, 0.5) is 5.82 Å². The van der Waals surface area contributed by atoms with Crippen LogP contribution in [-0.2, 0) is 0 Å². The van der Waals surface area contributed by atoms with E-state index in [9.17, 15) is 4.79 Å². The Morgan fingerprint density at radius 3 is 2.92 bits per heavy atom. The molecule has 1 aliphatic heterocycles. The quantitative estimate of drug-likeness (QED) is 0.595. The van der Waals surface area contributed by atoms with Crippen molar-refractivity contribution in [3.05, 3.63) is 22.4 Å². The first-order valence-electron chi connectivity index (χ1n) is 4.22. The third-order valence-corrected chi connectivity index (χ3v) is 2.00. The molecule has 70 valence electrons. The summed E-state index contributed by atoms with van der Waals surface area (Å²) >= 11 is 0. The first-order valence-corrected chi connectivity index (χ1v) is 4.22. The van der Waals surface area contributed by atoms with Crippen LogP contribution in [0.3, 0.4) is 0 Å². The molecule has 5 nitrogen and oxygen atoms in total. The smallest absolute Gasteiger partial charge is 0.307 e. The maximum atomic E-state index is 11.5. The number of anilines is 1. The number of nitrogens with zero attached hydrogens (tertiary/aromatic N) is 1. The summed E-state index contributed by atoms with van der Waals surface area (Å²) < 4.78 is 1.67. The highest BCUT2D eigenvalue weighted by molar-refractivity contribution is 5.62. The Hall–Kier alpha value is -1.65. The van der Waals surface area contributed by atoms with E-state index < -0.39 is 0 Å². The van der Waals surface area contributed by atoms with Crippen LogP contribution < -0.4 is 16.5 Å². The van der Waals surface area contributed by atoms with Gasteiger partial charge in [-0.3, -0.25) is 9.99 Å². The Labute approximate surface area is 75.4 Å². The SMILES string of the molecule is CC(C)n1c2c([nH]c1=O)C=CNN2. The van der Waals surface area contributed by atoms with Gasteiger partial charge in [0.15, 0.2) is 5.82 Å². The molecule has 0 aromatic carbocycles. The summed E-state index contributed by atoms with van der Waals surface area (Å²) in [5, 5.41) is 0. The molecule has 0 fully saturated rings. The first kappa shape index (κ1) is 7.97. The normalized spacial score (nSPS) is 13.8. The van der Waals surface area contributed by atoms with Gasteiger partial charge in [-0.2, -0.15) is 0 Å². The monoisotopic (exact) mass is 180 g/mol. The second kappa shape index (κ2) is 2.69. The average Bonchev–Trinajstić information content (AvgIpc) is 2.39. The molecular formula is C8H12N4O. The third-order valence-electron chi connectivity index (χ3n) is 2.00. The topological polar surface area (TPSA) is 61.9 Å². The number of nitrogens with one attached hydrogen (secondary N) is 3. The van der Waals surface area contributed by atoms with Crippen molar-refractivity contribution >= 4 is 11.9 Å². The van der Waals surface area contributed by atoms with Gasteiger partial charge in [0.05, 0.1) is 5.69 Å². The number of rotatable bonds is 1. The van der Waals surface area contributed by atoms with Crippen LogP contribution in [0, 0.1) is 0 Å². The number of aromatic amines is 1. The molecule has 1 aliphatic rings. The Kier molecular flexibility index (Phi) is 1.65. The maximum absolute atomic E-state index is 11.5. The molecule has 1 aromatic heterocycles. The van der Waals surface area contributed by atoms with Gasteiger partial charge >= 0.3 is 5.69 Å². The molecule has 13 heavy (non-hydrogen) atoms. The molecule has 2 rings (SSSR count). The molecule has 0 radical (unpaired) electrons. The highest BCUT2D eigenvalue weighted by Gasteiger charge is 2.15. The minimum absolute atomic E-state index is 0.0825. The zero-order chi connectivity index (χ0) is 9.42. The molecule has 0 unspecified atom stereocenters. The van der Waals surface area contributed by atoms with E-state index in [2.05, 4.69) is 15.8 Å². The summed E-state index contributed by atoms with van der Waals surface area (Å²) in [5.41, 5.74) is 6.50. The van der Waals surface area contributed by atoms with Gasteiger partial charge in [0, 0.05) is 12.2 Å². The van der Waals surface area contributed by atoms with Crippen molar-refractivity contribution in [2.75, 3.05) is 5.43 Å². The van der Waals surface area contributed by atoms with Crippen LogP contribution in [0.2, 0.25) is 0 Å². The predicted molar refractivity (Wildman–Crippen MR) is 51.2 cm³/mol. The summed E-state index contributed by atoms with van der Waals surface area (Å²) in [6.07, 6.45) is 3.56. The number of H-pyrrole nitrogens is 1. The number of hydrogen-bond donors (Lipinski definition) is 3. The van der Waals surface area contributed by atoms with E-state index in [1.807, 2.05) is 19.9 Å². The summed E-state index contributed by atoms with van der Waals surface area (Å²) in [4.78, 5) is 14.2. The van der Waals surface area contributed by atoms with E-state index >= 15 is 0 Å². The fourth-order valence-electron chi connectivity index (χ4n) is 1.44. The van der Waals surface area contributed by atoms with Gasteiger partial charge in [0.25, 0.3) is 0 Å². The van der Waals surface area contributed by atoms with Crippen LogP contribution >= 0.6 is 0 Å². The van der Waals surface area contributed by atoms with Crippen molar-refractivity contribution in [2.24, 2.45) is 0 Å². The van der Waals surface area contributed by atoms with Crippen LogP contribution in [0.1, 0.15) is 25.6 Å². The van der Waals surface area contributed by atoms with Gasteiger partial charge < -0.3 is 10.4 Å². The number of fused-ring (bicyclic) bond motifs is 1. The molecule has 0 aliphatic carbocycles. The van der Waals surface area contributed by atoms with Gasteiger partial charge in [-0.15, -0.1) is 0 Å². The molecular weight excluding hydrogens is 168 g/mol.